The molecule has 0 amide bonds. The molecule has 2 aromatic heterocycles. The standard InChI is InChI=1S/C11H14N4O/c1-7-5-11(15-14-7)16-10-6-9(8(2)12)3-4-13-10/h3-6,8H,12H2,1-2H3,(H,14,15)/t8-/m1/s1. The monoisotopic (exact) mass is 218 g/mol. The third kappa shape index (κ3) is 2.38. The first-order chi connectivity index (χ1) is 7.65. The smallest absolute Gasteiger partial charge is 0.240 e. The van der Waals surface area contributed by atoms with E-state index in [1.807, 2.05) is 26.0 Å². The highest BCUT2D eigenvalue weighted by atomic mass is 16.5. The van der Waals surface area contributed by atoms with Crippen LogP contribution in [0.4, 0.5) is 0 Å². The van der Waals surface area contributed by atoms with E-state index in [0.717, 1.165) is 11.3 Å². The van der Waals surface area contributed by atoms with Crippen molar-refractivity contribution in [3.05, 3.63) is 35.7 Å². The topological polar surface area (TPSA) is 76.8 Å². The molecule has 84 valence electrons. The van der Waals surface area contributed by atoms with E-state index in [1.54, 1.807) is 12.3 Å². The molecule has 5 nitrogen and oxygen atoms in total. The number of aromatic nitrogens is 3. The second-order valence-electron chi connectivity index (χ2n) is 3.71. The molecule has 2 heterocycles. The quantitative estimate of drug-likeness (QED) is 0.825. The van der Waals surface area contributed by atoms with Crippen molar-refractivity contribution in [2.75, 3.05) is 0 Å². The Hall–Kier alpha value is -1.88. The van der Waals surface area contributed by atoms with E-state index >= 15 is 0 Å². The Morgan fingerprint density at radius 1 is 1.38 bits per heavy atom. The maximum Gasteiger partial charge on any atom is 0.240 e. The van der Waals surface area contributed by atoms with Gasteiger partial charge in [0.05, 0.1) is 0 Å². The van der Waals surface area contributed by atoms with Crippen molar-refractivity contribution < 1.29 is 4.74 Å². The lowest BCUT2D eigenvalue weighted by molar-refractivity contribution is 0.442. The first-order valence-electron chi connectivity index (χ1n) is 5.06. The van der Waals surface area contributed by atoms with Gasteiger partial charge in [-0.05, 0) is 25.5 Å². The summed E-state index contributed by atoms with van der Waals surface area (Å²) in [7, 11) is 0. The number of nitrogens with one attached hydrogen (secondary N) is 1. The molecule has 2 aromatic rings. The highest BCUT2D eigenvalue weighted by Crippen LogP contribution is 2.20. The molecule has 5 heteroatoms. The summed E-state index contributed by atoms with van der Waals surface area (Å²) in [6, 6.07) is 5.45. The molecule has 3 N–H and O–H groups in total. The summed E-state index contributed by atoms with van der Waals surface area (Å²) in [6.07, 6.45) is 1.67. The van der Waals surface area contributed by atoms with Gasteiger partial charge in [0.1, 0.15) is 0 Å². The van der Waals surface area contributed by atoms with Crippen LogP contribution in [0.1, 0.15) is 24.2 Å². The second kappa shape index (κ2) is 4.32. The first-order valence-corrected chi connectivity index (χ1v) is 5.06. The van der Waals surface area contributed by atoms with E-state index < -0.39 is 0 Å². The van der Waals surface area contributed by atoms with Gasteiger partial charge in [0.25, 0.3) is 0 Å². The van der Waals surface area contributed by atoms with Crippen LogP contribution in [0.15, 0.2) is 24.4 Å². The molecule has 0 aliphatic heterocycles. The number of pyridine rings is 1. The average molecular weight is 218 g/mol. The number of ether oxygens (including phenoxy) is 1. The minimum absolute atomic E-state index is 0.0359. The van der Waals surface area contributed by atoms with Gasteiger partial charge in [-0.15, -0.1) is 5.10 Å². The van der Waals surface area contributed by atoms with Gasteiger partial charge < -0.3 is 10.5 Å². The molecule has 0 aromatic carbocycles. The number of hydrogen-bond acceptors (Lipinski definition) is 4. The van der Waals surface area contributed by atoms with Crippen LogP contribution in [0.2, 0.25) is 0 Å². The first kappa shape index (κ1) is 10.6. The van der Waals surface area contributed by atoms with Gasteiger partial charge in [0, 0.05) is 30.1 Å². The van der Waals surface area contributed by atoms with E-state index in [-0.39, 0.29) is 6.04 Å². The van der Waals surface area contributed by atoms with Gasteiger partial charge in [-0.3, -0.25) is 5.10 Å². The van der Waals surface area contributed by atoms with Crippen molar-refractivity contribution in [3.63, 3.8) is 0 Å². The molecule has 0 spiro atoms. The number of H-pyrrole nitrogens is 1. The Bertz CT molecular complexity index is 478. The Kier molecular flexibility index (Phi) is 2.87. The van der Waals surface area contributed by atoms with Gasteiger partial charge in [-0.1, -0.05) is 0 Å². The van der Waals surface area contributed by atoms with Gasteiger partial charge in [-0.2, -0.15) is 0 Å². The molecule has 0 bridgehead atoms. The molecule has 0 saturated carbocycles. The van der Waals surface area contributed by atoms with E-state index in [1.165, 1.54) is 0 Å². The van der Waals surface area contributed by atoms with Crippen LogP contribution in [0.3, 0.4) is 0 Å². The van der Waals surface area contributed by atoms with E-state index in [4.69, 9.17) is 10.5 Å². The number of rotatable bonds is 3. The minimum Gasteiger partial charge on any atom is -0.419 e. The lowest BCUT2D eigenvalue weighted by Gasteiger charge is -2.06. The predicted octanol–water partition coefficient (Wildman–Crippen LogP) is 1.93. The number of aromatic amines is 1. The van der Waals surface area contributed by atoms with Crippen molar-refractivity contribution in [1.82, 2.24) is 15.2 Å². The zero-order valence-corrected chi connectivity index (χ0v) is 9.27. The normalized spacial score (nSPS) is 12.4. The second-order valence-corrected chi connectivity index (χ2v) is 3.71. The maximum atomic E-state index is 5.77. The van der Waals surface area contributed by atoms with Crippen LogP contribution in [-0.4, -0.2) is 15.2 Å². The van der Waals surface area contributed by atoms with Gasteiger partial charge in [0.15, 0.2) is 0 Å². The predicted molar refractivity (Wildman–Crippen MR) is 60.2 cm³/mol. The molecule has 0 unspecified atom stereocenters. The van der Waals surface area contributed by atoms with Crippen LogP contribution in [-0.2, 0) is 0 Å². The molecule has 0 aliphatic carbocycles. The van der Waals surface area contributed by atoms with Crippen LogP contribution in [0, 0.1) is 6.92 Å². The summed E-state index contributed by atoms with van der Waals surface area (Å²) in [5, 5.41) is 6.77. The van der Waals surface area contributed by atoms with Crippen molar-refractivity contribution >= 4 is 0 Å². The number of nitrogens with two attached hydrogens (primary N) is 1. The summed E-state index contributed by atoms with van der Waals surface area (Å²) in [4.78, 5) is 4.09. The fourth-order valence-electron chi connectivity index (χ4n) is 1.32. The molecule has 0 radical (unpaired) electrons. The number of hydrogen-bond donors (Lipinski definition) is 2. The number of nitrogens with zero attached hydrogens (tertiary/aromatic N) is 2. The van der Waals surface area contributed by atoms with Gasteiger partial charge >= 0.3 is 0 Å². The maximum absolute atomic E-state index is 5.77. The third-order valence-corrected chi connectivity index (χ3v) is 2.18. The van der Waals surface area contributed by atoms with Crippen molar-refractivity contribution in [2.24, 2.45) is 5.73 Å². The van der Waals surface area contributed by atoms with Gasteiger partial charge in [-0.25, -0.2) is 4.98 Å². The van der Waals surface area contributed by atoms with Crippen LogP contribution in [0.5, 0.6) is 11.8 Å². The summed E-state index contributed by atoms with van der Waals surface area (Å²) in [5.41, 5.74) is 7.70. The molecule has 2 rings (SSSR count). The molecule has 1 atom stereocenters. The minimum atomic E-state index is -0.0359. The lowest BCUT2D eigenvalue weighted by Crippen LogP contribution is -2.05. The Balaban J connectivity index is 2.18. The van der Waals surface area contributed by atoms with Crippen molar-refractivity contribution in [2.45, 2.75) is 19.9 Å². The molecule has 16 heavy (non-hydrogen) atoms. The van der Waals surface area contributed by atoms with Crippen molar-refractivity contribution in [3.8, 4) is 11.8 Å². The zero-order chi connectivity index (χ0) is 11.5. The number of aryl methyl sites for hydroxylation is 1. The van der Waals surface area contributed by atoms with Crippen molar-refractivity contribution in [1.29, 1.82) is 0 Å². The Labute approximate surface area is 93.7 Å². The Morgan fingerprint density at radius 3 is 2.81 bits per heavy atom. The van der Waals surface area contributed by atoms with E-state index in [2.05, 4.69) is 15.2 Å². The molecular formula is C11H14N4O. The summed E-state index contributed by atoms with van der Waals surface area (Å²) < 4.78 is 5.48. The average Bonchev–Trinajstić information content (AvgIpc) is 2.64. The van der Waals surface area contributed by atoms with Crippen LogP contribution >= 0.6 is 0 Å². The van der Waals surface area contributed by atoms with E-state index in [9.17, 15) is 0 Å². The summed E-state index contributed by atoms with van der Waals surface area (Å²) in [6.45, 7) is 3.82. The molecule has 0 saturated heterocycles. The van der Waals surface area contributed by atoms with Crippen LogP contribution < -0.4 is 10.5 Å². The Morgan fingerprint density at radius 2 is 2.19 bits per heavy atom. The summed E-state index contributed by atoms with van der Waals surface area (Å²) in [5.74, 6) is 1.01. The zero-order valence-electron chi connectivity index (χ0n) is 9.27. The third-order valence-electron chi connectivity index (χ3n) is 2.18. The van der Waals surface area contributed by atoms with Gasteiger partial charge in [0.2, 0.25) is 11.8 Å². The highest BCUT2D eigenvalue weighted by molar-refractivity contribution is 5.26. The largest absolute Gasteiger partial charge is 0.419 e. The fraction of sp³-hybridized carbons (Fsp3) is 0.273. The lowest BCUT2D eigenvalue weighted by atomic mass is 10.1. The van der Waals surface area contributed by atoms with E-state index in [0.29, 0.717) is 11.8 Å². The molecule has 0 fully saturated rings. The summed E-state index contributed by atoms with van der Waals surface area (Å²) >= 11 is 0. The fourth-order valence-corrected chi connectivity index (χ4v) is 1.32. The SMILES string of the molecule is Cc1cc(Oc2cc([C@@H](C)N)ccn2)n[nH]1. The van der Waals surface area contributed by atoms with Crippen LogP contribution in [0.25, 0.3) is 0 Å². The molecular weight excluding hydrogens is 204 g/mol. The molecule has 0 aliphatic rings. The highest BCUT2D eigenvalue weighted by Gasteiger charge is 2.05.